The number of anilines is 1. The van der Waals surface area contributed by atoms with E-state index >= 15 is 0 Å². The summed E-state index contributed by atoms with van der Waals surface area (Å²) in [6.45, 7) is 1.70. The predicted molar refractivity (Wildman–Crippen MR) is 101 cm³/mol. The van der Waals surface area contributed by atoms with Crippen LogP contribution in [-0.2, 0) is 4.79 Å². The van der Waals surface area contributed by atoms with Crippen LogP contribution in [0.3, 0.4) is 0 Å². The summed E-state index contributed by atoms with van der Waals surface area (Å²) in [6.07, 6.45) is 2.95. The first-order chi connectivity index (χ1) is 13.5. The van der Waals surface area contributed by atoms with Crippen LogP contribution in [0.25, 0.3) is 0 Å². The largest absolute Gasteiger partial charge is 0.503 e. The topological polar surface area (TPSA) is 96.5 Å². The van der Waals surface area contributed by atoms with E-state index in [2.05, 4.69) is 9.97 Å². The van der Waals surface area contributed by atoms with E-state index in [0.717, 1.165) is 0 Å². The Balaban J connectivity index is 1.88. The van der Waals surface area contributed by atoms with Crippen molar-refractivity contribution in [1.82, 2.24) is 9.97 Å². The first-order valence-electron chi connectivity index (χ1n) is 8.37. The van der Waals surface area contributed by atoms with Crippen molar-refractivity contribution >= 4 is 29.2 Å². The number of aromatic nitrogens is 2. The van der Waals surface area contributed by atoms with Crippen LogP contribution in [-0.4, -0.2) is 26.8 Å². The summed E-state index contributed by atoms with van der Waals surface area (Å²) in [5, 5.41) is 11.1. The molecule has 0 aliphatic carbocycles. The van der Waals surface area contributed by atoms with Crippen LogP contribution >= 0.6 is 11.6 Å². The highest BCUT2D eigenvalue weighted by Crippen LogP contribution is 2.41. The van der Waals surface area contributed by atoms with E-state index in [0.29, 0.717) is 16.3 Å². The molecule has 3 heterocycles. The highest BCUT2D eigenvalue weighted by Gasteiger charge is 2.46. The summed E-state index contributed by atoms with van der Waals surface area (Å²) in [7, 11) is 0. The third-order valence-corrected chi connectivity index (χ3v) is 4.62. The van der Waals surface area contributed by atoms with E-state index in [-0.39, 0.29) is 17.3 Å². The number of amides is 1. The van der Waals surface area contributed by atoms with Gasteiger partial charge in [-0.25, -0.2) is 9.97 Å². The molecule has 2 aromatic heterocycles. The van der Waals surface area contributed by atoms with Gasteiger partial charge in [-0.3, -0.25) is 14.5 Å². The molecule has 4 rings (SSSR count). The minimum absolute atomic E-state index is 0.0293. The monoisotopic (exact) mass is 395 g/mol. The number of rotatable bonds is 4. The highest BCUT2D eigenvalue weighted by atomic mass is 35.5. The van der Waals surface area contributed by atoms with Gasteiger partial charge >= 0.3 is 0 Å². The Bertz CT molecular complexity index is 1090. The molecular weight excluding hydrogens is 382 g/mol. The van der Waals surface area contributed by atoms with Gasteiger partial charge in [0, 0.05) is 17.4 Å². The summed E-state index contributed by atoms with van der Waals surface area (Å²) in [5.74, 6) is -1.38. The summed E-state index contributed by atoms with van der Waals surface area (Å²) in [4.78, 5) is 35.3. The zero-order chi connectivity index (χ0) is 19.8. The fourth-order valence-electron chi connectivity index (χ4n) is 3.11. The molecule has 1 aliphatic heterocycles. The molecule has 0 bridgehead atoms. The zero-order valence-electron chi connectivity index (χ0n) is 14.7. The number of hydrogen-bond donors (Lipinski definition) is 1. The summed E-state index contributed by atoms with van der Waals surface area (Å²) in [5.41, 5.74) is 0.468. The van der Waals surface area contributed by atoms with Crippen LogP contribution in [0, 0.1) is 6.92 Å². The maximum absolute atomic E-state index is 13.1. The van der Waals surface area contributed by atoms with E-state index in [1.807, 2.05) is 0 Å². The third kappa shape index (κ3) is 2.95. The minimum Gasteiger partial charge on any atom is -0.503 e. The molecule has 0 saturated heterocycles. The normalized spacial score (nSPS) is 16.7. The molecular formula is C20H14ClN3O4. The summed E-state index contributed by atoms with van der Waals surface area (Å²) >= 11 is 5.98. The van der Waals surface area contributed by atoms with E-state index in [9.17, 15) is 14.7 Å². The summed E-state index contributed by atoms with van der Waals surface area (Å²) < 4.78 is 5.41. The average molecular weight is 396 g/mol. The van der Waals surface area contributed by atoms with Crippen molar-refractivity contribution in [3.8, 4) is 0 Å². The van der Waals surface area contributed by atoms with Crippen LogP contribution < -0.4 is 4.90 Å². The van der Waals surface area contributed by atoms with Crippen molar-refractivity contribution in [3.63, 3.8) is 0 Å². The van der Waals surface area contributed by atoms with Crippen molar-refractivity contribution in [2.75, 3.05) is 4.90 Å². The fraction of sp³-hybridized carbons (Fsp3) is 0.100. The van der Waals surface area contributed by atoms with Gasteiger partial charge in [-0.1, -0.05) is 23.7 Å². The number of ketones is 1. The number of aliphatic hydroxyl groups excluding tert-OH is 1. The molecule has 1 atom stereocenters. The number of nitrogens with zero attached hydrogens (tertiary/aromatic N) is 3. The van der Waals surface area contributed by atoms with Crippen LogP contribution in [0.2, 0.25) is 5.02 Å². The number of hydrogen-bond acceptors (Lipinski definition) is 6. The molecule has 8 heteroatoms. The van der Waals surface area contributed by atoms with Gasteiger partial charge in [0.2, 0.25) is 11.7 Å². The Morgan fingerprint density at radius 2 is 1.82 bits per heavy atom. The van der Waals surface area contributed by atoms with Crippen molar-refractivity contribution in [3.05, 3.63) is 88.3 Å². The van der Waals surface area contributed by atoms with Crippen LogP contribution in [0.4, 0.5) is 5.95 Å². The van der Waals surface area contributed by atoms with E-state index < -0.39 is 23.5 Å². The van der Waals surface area contributed by atoms with Crippen molar-refractivity contribution in [1.29, 1.82) is 0 Å². The SMILES string of the molecule is Cc1ccc(C(=O)C2=C(O)C(=O)N(c3ncccn3)[C@@H]2c2ccc(Cl)cc2)o1. The molecule has 140 valence electrons. The number of carbonyl (C=O) groups excluding carboxylic acids is 2. The number of halogens is 1. The van der Waals surface area contributed by atoms with Gasteiger partial charge < -0.3 is 9.52 Å². The lowest BCUT2D eigenvalue weighted by atomic mass is 9.95. The number of benzene rings is 1. The Labute approximate surface area is 164 Å². The molecule has 1 aliphatic rings. The molecule has 3 aromatic rings. The molecule has 7 nitrogen and oxygen atoms in total. The Kier molecular flexibility index (Phi) is 4.44. The molecule has 1 N–H and O–H groups in total. The zero-order valence-corrected chi connectivity index (χ0v) is 15.4. The summed E-state index contributed by atoms with van der Waals surface area (Å²) in [6, 6.07) is 10.4. The third-order valence-electron chi connectivity index (χ3n) is 4.37. The van der Waals surface area contributed by atoms with Gasteiger partial charge in [-0.05, 0) is 42.8 Å². The van der Waals surface area contributed by atoms with Crippen LogP contribution in [0.15, 0.2) is 70.6 Å². The molecule has 0 unspecified atom stereocenters. The van der Waals surface area contributed by atoms with Gasteiger partial charge in [0.05, 0.1) is 11.6 Å². The van der Waals surface area contributed by atoms with Gasteiger partial charge in [0.25, 0.3) is 5.91 Å². The molecule has 1 aromatic carbocycles. The van der Waals surface area contributed by atoms with Crippen molar-refractivity contribution in [2.45, 2.75) is 13.0 Å². The van der Waals surface area contributed by atoms with Crippen LogP contribution in [0.1, 0.15) is 27.9 Å². The Morgan fingerprint density at radius 3 is 2.43 bits per heavy atom. The van der Waals surface area contributed by atoms with Gasteiger partial charge in [0.1, 0.15) is 5.76 Å². The Hall–Kier alpha value is -3.45. The smallest absolute Gasteiger partial charge is 0.296 e. The second kappa shape index (κ2) is 6.94. The molecule has 0 saturated carbocycles. The standard InChI is InChI=1S/C20H14ClN3O4/c1-11-3-8-14(28-11)17(25)15-16(12-4-6-13(21)7-5-12)24(19(27)18(15)26)20-22-9-2-10-23-20/h2-10,16,26H,1H3/t16-/m1/s1. The lowest BCUT2D eigenvalue weighted by Gasteiger charge is -2.24. The fourth-order valence-corrected chi connectivity index (χ4v) is 3.23. The quantitative estimate of drug-likeness (QED) is 0.674. The molecule has 28 heavy (non-hydrogen) atoms. The Morgan fingerprint density at radius 1 is 1.14 bits per heavy atom. The lowest BCUT2D eigenvalue weighted by molar-refractivity contribution is -0.117. The first kappa shape index (κ1) is 17.9. The lowest BCUT2D eigenvalue weighted by Crippen LogP contribution is -2.32. The van der Waals surface area contributed by atoms with E-state index in [1.54, 1.807) is 43.3 Å². The molecule has 0 radical (unpaired) electrons. The average Bonchev–Trinajstić information content (AvgIpc) is 3.25. The minimum atomic E-state index is -0.926. The first-order valence-corrected chi connectivity index (χ1v) is 8.75. The number of aliphatic hydroxyl groups is 1. The number of Topliss-reactive ketones (excluding diaryl/α,β-unsaturated/α-hetero) is 1. The second-order valence-electron chi connectivity index (χ2n) is 6.18. The number of furan rings is 1. The maximum Gasteiger partial charge on any atom is 0.296 e. The highest BCUT2D eigenvalue weighted by molar-refractivity contribution is 6.30. The van der Waals surface area contributed by atoms with Gasteiger partial charge in [-0.15, -0.1) is 0 Å². The van der Waals surface area contributed by atoms with E-state index in [4.69, 9.17) is 16.0 Å². The van der Waals surface area contributed by atoms with Gasteiger partial charge in [0.15, 0.2) is 11.5 Å². The predicted octanol–water partition coefficient (Wildman–Crippen LogP) is 3.81. The van der Waals surface area contributed by atoms with Gasteiger partial charge in [-0.2, -0.15) is 0 Å². The second-order valence-corrected chi connectivity index (χ2v) is 6.62. The maximum atomic E-state index is 13.1. The molecule has 0 fully saturated rings. The number of carbonyl (C=O) groups is 2. The van der Waals surface area contributed by atoms with Crippen LogP contribution in [0.5, 0.6) is 0 Å². The van der Waals surface area contributed by atoms with Crippen molar-refractivity contribution in [2.24, 2.45) is 0 Å². The van der Waals surface area contributed by atoms with E-state index in [1.165, 1.54) is 23.4 Å². The molecule has 0 spiro atoms. The van der Waals surface area contributed by atoms with Crippen molar-refractivity contribution < 1.29 is 19.1 Å². The molecule has 1 amide bonds. The number of aryl methyl sites for hydroxylation is 1.